The van der Waals surface area contributed by atoms with Crippen molar-refractivity contribution in [3.63, 3.8) is 0 Å². The zero-order chi connectivity index (χ0) is 21.4. The molecule has 180 valence electrons. The van der Waals surface area contributed by atoms with Gasteiger partial charge in [-0.3, -0.25) is 14.8 Å². The van der Waals surface area contributed by atoms with Gasteiger partial charge < -0.3 is 19.7 Å². The van der Waals surface area contributed by atoms with Crippen LogP contribution in [0.5, 0.6) is 5.75 Å². The van der Waals surface area contributed by atoms with Gasteiger partial charge in [-0.05, 0) is 50.9 Å². The summed E-state index contributed by atoms with van der Waals surface area (Å²) in [5.74, 6) is 2.00. The summed E-state index contributed by atoms with van der Waals surface area (Å²) < 4.78 is 11.6. The van der Waals surface area contributed by atoms with Crippen LogP contribution < -0.4 is 10.1 Å². The molecule has 3 saturated heterocycles. The molecule has 0 atom stereocenters. The zero-order valence-corrected chi connectivity index (χ0v) is 21.8. The van der Waals surface area contributed by atoms with Gasteiger partial charge in [0.2, 0.25) is 0 Å². The summed E-state index contributed by atoms with van der Waals surface area (Å²) in [6, 6.07) is 10.1. The van der Waals surface area contributed by atoms with Crippen molar-refractivity contribution in [2.45, 2.75) is 31.2 Å². The standard InChI is InChI=1S/C24H39N5O2.HI/c1-25-23(26-21-24(9-18-30-19-10-24)29-11-5-6-12-29)28-15-13-27(14-16-28)17-20-31-22-7-3-2-4-8-22;/h2-4,7-8H,5-6,9-21H2,1H3,(H,25,26);1H. The second-order valence-corrected chi connectivity index (χ2v) is 8.92. The number of nitrogens with zero attached hydrogens (tertiary/aromatic N) is 4. The lowest BCUT2D eigenvalue weighted by molar-refractivity contribution is -0.0167. The second-order valence-electron chi connectivity index (χ2n) is 8.92. The van der Waals surface area contributed by atoms with Crippen molar-refractivity contribution >= 4 is 29.9 Å². The summed E-state index contributed by atoms with van der Waals surface area (Å²) in [7, 11) is 1.91. The lowest BCUT2D eigenvalue weighted by atomic mass is 9.88. The van der Waals surface area contributed by atoms with Crippen LogP contribution in [0.25, 0.3) is 0 Å². The molecule has 0 saturated carbocycles. The average molecular weight is 558 g/mol. The van der Waals surface area contributed by atoms with Crippen LogP contribution in [0.15, 0.2) is 35.3 Å². The number of aliphatic imine (C=N–C) groups is 1. The number of nitrogens with one attached hydrogen (secondary N) is 1. The molecule has 0 bridgehead atoms. The van der Waals surface area contributed by atoms with Crippen molar-refractivity contribution in [1.29, 1.82) is 0 Å². The van der Waals surface area contributed by atoms with E-state index in [0.717, 1.165) is 83.6 Å². The number of guanidine groups is 1. The number of hydrogen-bond acceptors (Lipinski definition) is 5. The molecule has 0 aromatic heterocycles. The molecule has 0 spiro atoms. The van der Waals surface area contributed by atoms with Crippen LogP contribution in [-0.4, -0.2) is 105 Å². The molecule has 0 unspecified atom stereocenters. The number of hydrogen-bond donors (Lipinski definition) is 1. The van der Waals surface area contributed by atoms with Gasteiger partial charge in [0.1, 0.15) is 12.4 Å². The highest BCUT2D eigenvalue weighted by Gasteiger charge is 2.40. The topological polar surface area (TPSA) is 52.6 Å². The molecule has 3 aliphatic rings. The van der Waals surface area contributed by atoms with Gasteiger partial charge in [0.05, 0.1) is 0 Å². The first-order chi connectivity index (χ1) is 15.3. The van der Waals surface area contributed by atoms with E-state index in [4.69, 9.17) is 9.47 Å². The summed E-state index contributed by atoms with van der Waals surface area (Å²) in [4.78, 5) is 12.2. The highest BCUT2D eigenvalue weighted by molar-refractivity contribution is 14.0. The van der Waals surface area contributed by atoms with Crippen molar-refractivity contribution in [3.05, 3.63) is 30.3 Å². The lowest BCUT2D eigenvalue weighted by Gasteiger charge is -2.45. The molecular weight excluding hydrogens is 517 g/mol. The van der Waals surface area contributed by atoms with E-state index in [1.807, 2.05) is 37.4 Å². The summed E-state index contributed by atoms with van der Waals surface area (Å²) in [6.45, 7) is 11.0. The van der Waals surface area contributed by atoms with Crippen molar-refractivity contribution in [1.82, 2.24) is 20.0 Å². The minimum absolute atomic E-state index is 0. The number of halogens is 1. The molecule has 3 heterocycles. The van der Waals surface area contributed by atoms with Crippen LogP contribution in [0.1, 0.15) is 25.7 Å². The number of likely N-dealkylation sites (tertiary alicyclic amines) is 1. The Hall–Kier alpha value is -1.10. The van der Waals surface area contributed by atoms with Crippen LogP contribution in [0.4, 0.5) is 0 Å². The quantitative estimate of drug-likeness (QED) is 0.316. The predicted octanol–water partition coefficient (Wildman–Crippen LogP) is 2.52. The largest absolute Gasteiger partial charge is 0.492 e. The monoisotopic (exact) mass is 557 g/mol. The molecule has 8 heteroatoms. The molecule has 3 aliphatic heterocycles. The lowest BCUT2D eigenvalue weighted by Crippen LogP contribution is -2.60. The summed E-state index contributed by atoms with van der Waals surface area (Å²) in [5, 5.41) is 3.74. The Morgan fingerprint density at radius 2 is 1.72 bits per heavy atom. The van der Waals surface area contributed by atoms with E-state index in [-0.39, 0.29) is 29.5 Å². The number of benzene rings is 1. The van der Waals surface area contributed by atoms with Gasteiger partial charge in [0, 0.05) is 65.1 Å². The van der Waals surface area contributed by atoms with Crippen LogP contribution in [0.3, 0.4) is 0 Å². The van der Waals surface area contributed by atoms with E-state index in [1.54, 1.807) is 0 Å². The van der Waals surface area contributed by atoms with E-state index < -0.39 is 0 Å². The normalized spacial score (nSPS) is 22.4. The smallest absolute Gasteiger partial charge is 0.193 e. The van der Waals surface area contributed by atoms with Crippen LogP contribution >= 0.6 is 24.0 Å². The van der Waals surface area contributed by atoms with Gasteiger partial charge in [-0.15, -0.1) is 24.0 Å². The third kappa shape index (κ3) is 6.71. The van der Waals surface area contributed by atoms with Gasteiger partial charge in [-0.1, -0.05) is 18.2 Å². The molecule has 4 rings (SSSR count). The summed E-state index contributed by atoms with van der Waals surface area (Å²) >= 11 is 0. The molecule has 3 fully saturated rings. The van der Waals surface area contributed by atoms with Crippen LogP contribution in [0.2, 0.25) is 0 Å². The molecule has 32 heavy (non-hydrogen) atoms. The maximum Gasteiger partial charge on any atom is 0.193 e. The number of para-hydroxylation sites is 1. The molecule has 1 N–H and O–H groups in total. The fourth-order valence-electron chi connectivity index (χ4n) is 5.12. The van der Waals surface area contributed by atoms with E-state index in [2.05, 4.69) is 25.0 Å². The maximum atomic E-state index is 5.86. The first-order valence-corrected chi connectivity index (χ1v) is 12.0. The SMILES string of the molecule is CN=C(NCC1(N2CCCC2)CCOCC1)N1CCN(CCOc2ccccc2)CC1.I. The summed E-state index contributed by atoms with van der Waals surface area (Å²) in [6.07, 6.45) is 4.89. The zero-order valence-electron chi connectivity index (χ0n) is 19.5. The number of ether oxygens (including phenoxy) is 2. The van der Waals surface area contributed by atoms with Gasteiger partial charge in [-0.25, -0.2) is 0 Å². The van der Waals surface area contributed by atoms with Gasteiger partial charge in [0.25, 0.3) is 0 Å². The average Bonchev–Trinajstić information content (AvgIpc) is 3.38. The fraction of sp³-hybridized carbons (Fsp3) is 0.708. The minimum atomic E-state index is 0. The fourth-order valence-corrected chi connectivity index (χ4v) is 5.12. The number of rotatable bonds is 7. The van der Waals surface area contributed by atoms with Crippen molar-refractivity contribution < 1.29 is 9.47 Å². The number of piperazine rings is 1. The Labute approximate surface area is 210 Å². The van der Waals surface area contributed by atoms with Gasteiger partial charge in [-0.2, -0.15) is 0 Å². The van der Waals surface area contributed by atoms with Crippen molar-refractivity contribution in [3.8, 4) is 5.75 Å². The molecular formula is C24H40IN5O2. The molecule has 1 aromatic rings. The molecule has 7 nitrogen and oxygen atoms in total. The van der Waals surface area contributed by atoms with Crippen LogP contribution in [0, 0.1) is 0 Å². The Morgan fingerprint density at radius 1 is 1.03 bits per heavy atom. The molecule has 0 amide bonds. The van der Waals surface area contributed by atoms with Crippen molar-refractivity contribution in [2.75, 3.05) is 79.2 Å². The Morgan fingerprint density at radius 3 is 2.38 bits per heavy atom. The first-order valence-electron chi connectivity index (χ1n) is 12.0. The van der Waals surface area contributed by atoms with Crippen molar-refractivity contribution in [2.24, 2.45) is 4.99 Å². The van der Waals surface area contributed by atoms with E-state index >= 15 is 0 Å². The van der Waals surface area contributed by atoms with Gasteiger partial charge in [0.15, 0.2) is 5.96 Å². The third-order valence-electron chi connectivity index (χ3n) is 7.08. The molecule has 1 aromatic carbocycles. The molecule has 0 aliphatic carbocycles. The van der Waals surface area contributed by atoms with E-state index in [1.165, 1.54) is 25.9 Å². The molecule has 0 radical (unpaired) electrons. The maximum absolute atomic E-state index is 5.86. The second kappa shape index (κ2) is 13.0. The summed E-state index contributed by atoms with van der Waals surface area (Å²) in [5.41, 5.74) is 0.224. The Bertz CT molecular complexity index is 685. The third-order valence-corrected chi connectivity index (χ3v) is 7.08. The van der Waals surface area contributed by atoms with E-state index in [0.29, 0.717) is 0 Å². The highest BCUT2D eigenvalue weighted by Crippen LogP contribution is 2.30. The van der Waals surface area contributed by atoms with E-state index in [9.17, 15) is 0 Å². The first kappa shape index (κ1) is 25.5. The Balaban J connectivity index is 0.00000289. The van der Waals surface area contributed by atoms with Gasteiger partial charge >= 0.3 is 0 Å². The minimum Gasteiger partial charge on any atom is -0.492 e. The highest BCUT2D eigenvalue weighted by atomic mass is 127. The van der Waals surface area contributed by atoms with Crippen LogP contribution in [-0.2, 0) is 4.74 Å². The Kier molecular flexibility index (Phi) is 10.3. The predicted molar refractivity (Wildman–Crippen MR) is 140 cm³/mol.